The second-order valence-electron chi connectivity index (χ2n) is 5.27. The quantitative estimate of drug-likeness (QED) is 0.440. The molecular formula is C17H9N3O. The van der Waals surface area contributed by atoms with Gasteiger partial charge in [-0.15, -0.1) is 0 Å². The van der Waals surface area contributed by atoms with Crippen molar-refractivity contribution in [3.05, 3.63) is 58.9 Å². The summed E-state index contributed by atoms with van der Waals surface area (Å²) in [6.45, 7) is 0. The van der Waals surface area contributed by atoms with Crippen LogP contribution in [0.1, 0.15) is 0 Å². The number of aromatic nitrogens is 3. The zero-order valence-electron chi connectivity index (χ0n) is 10.9. The van der Waals surface area contributed by atoms with Crippen LogP contribution in [0.15, 0.2) is 53.5 Å². The van der Waals surface area contributed by atoms with Gasteiger partial charge in [-0.25, -0.2) is 0 Å². The van der Waals surface area contributed by atoms with Gasteiger partial charge in [-0.05, 0) is 39.7 Å². The molecule has 4 nitrogen and oxygen atoms in total. The molecule has 0 atom stereocenters. The standard InChI is InChI=1S/C17H9N3O/c21-11-5-4-9-6-10-2-1-3-12-15(10)16(13(9)7-11)14-8-18-20-19-17(12)14/h1-8,20H. The van der Waals surface area contributed by atoms with Crippen molar-refractivity contribution in [1.29, 1.82) is 0 Å². The SMILES string of the molecule is O=c1ccc2cc3cccc4c5n[nH]ncc5c(c2c1)c34. The third-order valence-electron chi connectivity index (χ3n) is 4.14. The van der Waals surface area contributed by atoms with Crippen LogP contribution in [0, 0.1) is 0 Å². The highest BCUT2D eigenvalue weighted by Gasteiger charge is 2.15. The maximum atomic E-state index is 11.8. The zero-order chi connectivity index (χ0) is 14.0. The average Bonchev–Trinajstić information content (AvgIpc) is 2.85. The molecule has 98 valence electrons. The summed E-state index contributed by atoms with van der Waals surface area (Å²) in [7, 11) is 0. The molecule has 1 N–H and O–H groups in total. The third kappa shape index (κ3) is 1.26. The first-order chi connectivity index (χ1) is 10.3. The molecule has 0 amide bonds. The van der Waals surface area contributed by atoms with Crippen LogP contribution < -0.4 is 5.43 Å². The van der Waals surface area contributed by atoms with E-state index in [4.69, 9.17) is 0 Å². The summed E-state index contributed by atoms with van der Waals surface area (Å²) < 4.78 is 0. The molecule has 4 aromatic carbocycles. The van der Waals surface area contributed by atoms with Gasteiger partial charge in [0.15, 0.2) is 5.43 Å². The molecule has 0 bridgehead atoms. The van der Waals surface area contributed by atoms with E-state index < -0.39 is 0 Å². The van der Waals surface area contributed by atoms with E-state index in [1.807, 2.05) is 12.1 Å². The predicted octanol–water partition coefficient (Wildman–Crippen LogP) is 3.22. The second-order valence-corrected chi connectivity index (χ2v) is 5.27. The first-order valence-electron chi connectivity index (χ1n) is 6.73. The van der Waals surface area contributed by atoms with Gasteiger partial charge in [-0.2, -0.15) is 15.4 Å². The molecule has 0 aliphatic carbocycles. The van der Waals surface area contributed by atoms with E-state index in [2.05, 4.69) is 33.6 Å². The van der Waals surface area contributed by atoms with Gasteiger partial charge in [-0.3, -0.25) is 4.79 Å². The molecule has 0 fully saturated rings. The second kappa shape index (κ2) is 3.55. The lowest BCUT2D eigenvalue weighted by molar-refractivity contribution is 0.899. The van der Waals surface area contributed by atoms with Gasteiger partial charge in [0.1, 0.15) is 5.52 Å². The van der Waals surface area contributed by atoms with E-state index in [0.717, 1.165) is 43.2 Å². The summed E-state index contributed by atoms with van der Waals surface area (Å²) in [5, 5.41) is 18.5. The number of rotatable bonds is 0. The average molecular weight is 271 g/mol. The van der Waals surface area contributed by atoms with Crippen molar-refractivity contribution >= 4 is 43.2 Å². The summed E-state index contributed by atoms with van der Waals surface area (Å²) in [6.07, 6.45) is 1.79. The summed E-state index contributed by atoms with van der Waals surface area (Å²) in [6, 6.07) is 13.5. The van der Waals surface area contributed by atoms with Gasteiger partial charge in [0.2, 0.25) is 0 Å². The van der Waals surface area contributed by atoms with Crippen molar-refractivity contribution in [3.8, 4) is 0 Å². The van der Waals surface area contributed by atoms with Crippen LogP contribution >= 0.6 is 0 Å². The molecule has 0 saturated heterocycles. The summed E-state index contributed by atoms with van der Waals surface area (Å²) >= 11 is 0. The van der Waals surface area contributed by atoms with E-state index in [-0.39, 0.29) is 5.43 Å². The fourth-order valence-electron chi connectivity index (χ4n) is 3.31. The summed E-state index contributed by atoms with van der Waals surface area (Å²) in [4.78, 5) is 11.8. The largest absolute Gasteiger partial charge is 0.290 e. The Balaban J connectivity index is 2.29. The first-order valence-corrected chi connectivity index (χ1v) is 6.73. The molecule has 0 radical (unpaired) electrons. The third-order valence-corrected chi connectivity index (χ3v) is 4.14. The number of fused-ring (bicyclic) bond motifs is 5. The zero-order valence-corrected chi connectivity index (χ0v) is 10.9. The van der Waals surface area contributed by atoms with E-state index in [0.29, 0.717) is 0 Å². The molecule has 0 aliphatic rings. The van der Waals surface area contributed by atoms with Gasteiger partial charge in [0, 0.05) is 16.2 Å². The molecule has 1 aromatic heterocycles. The van der Waals surface area contributed by atoms with Crippen LogP contribution in [0.4, 0.5) is 0 Å². The lowest BCUT2D eigenvalue weighted by Gasteiger charge is -2.03. The van der Waals surface area contributed by atoms with Crippen LogP contribution in [-0.2, 0) is 0 Å². The Bertz CT molecular complexity index is 1210. The van der Waals surface area contributed by atoms with Crippen molar-refractivity contribution in [2.75, 3.05) is 0 Å². The van der Waals surface area contributed by atoms with Gasteiger partial charge in [0.25, 0.3) is 0 Å². The highest BCUT2D eigenvalue weighted by Crippen LogP contribution is 2.40. The van der Waals surface area contributed by atoms with E-state index in [9.17, 15) is 4.79 Å². The van der Waals surface area contributed by atoms with Crippen molar-refractivity contribution in [2.45, 2.75) is 0 Å². The Morgan fingerprint density at radius 3 is 2.76 bits per heavy atom. The van der Waals surface area contributed by atoms with Gasteiger partial charge >= 0.3 is 0 Å². The summed E-state index contributed by atoms with van der Waals surface area (Å²) in [5.74, 6) is 0. The number of aromatic amines is 1. The summed E-state index contributed by atoms with van der Waals surface area (Å²) in [5.41, 5.74) is 0.918. The van der Waals surface area contributed by atoms with Crippen LogP contribution in [0.3, 0.4) is 0 Å². The first kappa shape index (κ1) is 10.7. The maximum Gasteiger partial charge on any atom is 0.179 e. The number of H-pyrrole nitrogens is 1. The lowest BCUT2D eigenvalue weighted by Crippen LogP contribution is -1.94. The van der Waals surface area contributed by atoms with Gasteiger partial charge in [0.05, 0.1) is 6.20 Å². The number of benzene rings is 3. The number of nitrogens with one attached hydrogen (secondary N) is 1. The Morgan fingerprint density at radius 1 is 0.857 bits per heavy atom. The lowest BCUT2D eigenvalue weighted by atomic mass is 9.99. The molecule has 5 rings (SSSR count). The normalized spacial score (nSPS) is 12.0. The molecule has 0 aliphatic heterocycles. The van der Waals surface area contributed by atoms with Crippen molar-refractivity contribution < 1.29 is 0 Å². The van der Waals surface area contributed by atoms with E-state index in [1.165, 1.54) is 0 Å². The number of nitrogens with zero attached hydrogens (tertiary/aromatic N) is 2. The topological polar surface area (TPSA) is 58.6 Å². The monoisotopic (exact) mass is 271 g/mol. The molecule has 1 heterocycles. The van der Waals surface area contributed by atoms with E-state index in [1.54, 1.807) is 18.3 Å². The molecule has 4 heteroatoms. The van der Waals surface area contributed by atoms with E-state index >= 15 is 0 Å². The van der Waals surface area contributed by atoms with Crippen LogP contribution in [0.5, 0.6) is 0 Å². The Morgan fingerprint density at radius 2 is 1.81 bits per heavy atom. The van der Waals surface area contributed by atoms with Crippen molar-refractivity contribution in [1.82, 2.24) is 15.4 Å². The molecule has 0 unspecified atom stereocenters. The molecule has 0 saturated carbocycles. The fourth-order valence-corrected chi connectivity index (χ4v) is 3.31. The minimum atomic E-state index is 0.0208. The Labute approximate surface area is 118 Å². The molecular weight excluding hydrogens is 262 g/mol. The molecule has 0 spiro atoms. The Hall–Kier alpha value is -3.01. The highest BCUT2D eigenvalue weighted by atomic mass is 16.1. The minimum absolute atomic E-state index is 0.0208. The Kier molecular flexibility index (Phi) is 1.81. The van der Waals surface area contributed by atoms with Crippen LogP contribution in [-0.4, -0.2) is 15.4 Å². The van der Waals surface area contributed by atoms with Crippen molar-refractivity contribution in [3.63, 3.8) is 0 Å². The van der Waals surface area contributed by atoms with Gasteiger partial charge < -0.3 is 0 Å². The van der Waals surface area contributed by atoms with Gasteiger partial charge in [-0.1, -0.05) is 24.3 Å². The highest BCUT2D eigenvalue weighted by molar-refractivity contribution is 6.35. The van der Waals surface area contributed by atoms with Crippen LogP contribution in [0.2, 0.25) is 0 Å². The van der Waals surface area contributed by atoms with Crippen LogP contribution in [0.25, 0.3) is 43.2 Å². The molecule has 21 heavy (non-hydrogen) atoms. The predicted molar refractivity (Wildman–Crippen MR) is 83.9 cm³/mol. The number of hydrogen-bond donors (Lipinski definition) is 1. The fraction of sp³-hybridized carbons (Fsp3) is 0. The minimum Gasteiger partial charge on any atom is -0.290 e. The maximum absolute atomic E-state index is 11.8. The smallest absolute Gasteiger partial charge is 0.179 e. The van der Waals surface area contributed by atoms with Crippen molar-refractivity contribution in [2.24, 2.45) is 0 Å². The molecule has 5 aromatic rings. The number of hydrogen-bond acceptors (Lipinski definition) is 3.